The van der Waals surface area contributed by atoms with Crippen LogP contribution in [-0.2, 0) is 13.0 Å². The second kappa shape index (κ2) is 5.53. The molecule has 21 heavy (non-hydrogen) atoms. The van der Waals surface area contributed by atoms with E-state index in [1.807, 2.05) is 6.07 Å². The predicted molar refractivity (Wildman–Crippen MR) is 84.7 cm³/mol. The molecule has 2 aromatic carbocycles. The van der Waals surface area contributed by atoms with Crippen LogP contribution in [0.25, 0.3) is 0 Å². The molecule has 1 atom stereocenters. The molecule has 2 nitrogen and oxygen atoms in total. The standard InChI is InChI=1S/C19H21NO/c1-2-4-19-17(3-1)11-18(21-19)13-20-12-14-5-7-15(8-6-14)16-9-10-16/h1-8,16,18,20H,9-13H2. The quantitative estimate of drug-likeness (QED) is 0.902. The molecule has 2 heteroatoms. The summed E-state index contributed by atoms with van der Waals surface area (Å²) in [6.07, 6.45) is 4.03. The van der Waals surface area contributed by atoms with E-state index in [1.54, 1.807) is 0 Å². The molecule has 1 aliphatic heterocycles. The highest BCUT2D eigenvalue weighted by atomic mass is 16.5. The zero-order valence-electron chi connectivity index (χ0n) is 12.2. The fourth-order valence-corrected chi connectivity index (χ4v) is 3.07. The van der Waals surface area contributed by atoms with Crippen LogP contribution in [0.5, 0.6) is 5.75 Å². The Hall–Kier alpha value is -1.80. The topological polar surface area (TPSA) is 21.3 Å². The lowest BCUT2D eigenvalue weighted by Crippen LogP contribution is -2.29. The van der Waals surface area contributed by atoms with Crippen molar-refractivity contribution < 1.29 is 4.74 Å². The molecule has 0 saturated heterocycles. The molecule has 0 bridgehead atoms. The minimum Gasteiger partial charge on any atom is -0.488 e. The van der Waals surface area contributed by atoms with Gasteiger partial charge in [-0.05, 0) is 41.5 Å². The molecule has 1 unspecified atom stereocenters. The van der Waals surface area contributed by atoms with Gasteiger partial charge in [-0.1, -0.05) is 42.5 Å². The van der Waals surface area contributed by atoms with Gasteiger partial charge in [0, 0.05) is 19.5 Å². The number of ether oxygens (including phenoxy) is 1. The van der Waals surface area contributed by atoms with Crippen LogP contribution in [0.15, 0.2) is 48.5 Å². The Morgan fingerprint density at radius 2 is 1.81 bits per heavy atom. The van der Waals surface area contributed by atoms with Gasteiger partial charge in [-0.3, -0.25) is 0 Å². The summed E-state index contributed by atoms with van der Waals surface area (Å²) in [4.78, 5) is 0. The Kier molecular flexibility index (Phi) is 3.40. The first-order valence-electron chi connectivity index (χ1n) is 7.92. The van der Waals surface area contributed by atoms with Crippen LogP contribution in [-0.4, -0.2) is 12.6 Å². The molecule has 2 aromatic rings. The van der Waals surface area contributed by atoms with Crippen LogP contribution < -0.4 is 10.1 Å². The Balaban J connectivity index is 1.26. The monoisotopic (exact) mass is 279 g/mol. The average molecular weight is 279 g/mol. The summed E-state index contributed by atoms with van der Waals surface area (Å²) in [6, 6.07) is 17.4. The van der Waals surface area contributed by atoms with Crippen LogP contribution in [0.3, 0.4) is 0 Å². The zero-order chi connectivity index (χ0) is 14.1. The zero-order valence-corrected chi connectivity index (χ0v) is 12.2. The number of benzene rings is 2. The molecule has 4 rings (SSSR count). The van der Waals surface area contributed by atoms with E-state index in [0.717, 1.165) is 31.2 Å². The van der Waals surface area contributed by atoms with E-state index in [0.29, 0.717) is 0 Å². The van der Waals surface area contributed by atoms with Gasteiger partial charge in [-0.2, -0.15) is 0 Å². The fraction of sp³-hybridized carbons (Fsp3) is 0.368. The summed E-state index contributed by atoms with van der Waals surface area (Å²) in [5, 5.41) is 3.52. The van der Waals surface area contributed by atoms with E-state index < -0.39 is 0 Å². The molecule has 0 amide bonds. The molecule has 1 N–H and O–H groups in total. The third kappa shape index (κ3) is 2.96. The molecule has 1 heterocycles. The molecule has 2 aliphatic rings. The maximum Gasteiger partial charge on any atom is 0.123 e. The number of para-hydroxylation sites is 1. The number of fused-ring (bicyclic) bond motifs is 1. The first-order chi connectivity index (χ1) is 10.4. The van der Waals surface area contributed by atoms with Gasteiger partial charge in [0.05, 0.1) is 0 Å². The second-order valence-electron chi connectivity index (χ2n) is 6.20. The Morgan fingerprint density at radius 1 is 1.00 bits per heavy atom. The Labute approximate surface area is 126 Å². The summed E-state index contributed by atoms with van der Waals surface area (Å²) < 4.78 is 5.94. The third-order valence-electron chi connectivity index (χ3n) is 4.44. The van der Waals surface area contributed by atoms with Gasteiger partial charge in [-0.15, -0.1) is 0 Å². The van der Waals surface area contributed by atoms with Crippen LogP contribution in [0, 0.1) is 0 Å². The average Bonchev–Trinajstić information content (AvgIpc) is 3.28. The SMILES string of the molecule is c1ccc2c(c1)CC(CNCc1ccc(C3CC3)cc1)O2. The molecule has 0 aromatic heterocycles. The van der Waals surface area contributed by atoms with E-state index in [9.17, 15) is 0 Å². The van der Waals surface area contributed by atoms with Gasteiger partial charge in [0.15, 0.2) is 0 Å². The Morgan fingerprint density at radius 3 is 2.57 bits per heavy atom. The summed E-state index contributed by atoms with van der Waals surface area (Å²) >= 11 is 0. The van der Waals surface area contributed by atoms with Gasteiger partial charge in [-0.25, -0.2) is 0 Å². The summed E-state index contributed by atoms with van der Waals surface area (Å²) in [7, 11) is 0. The van der Waals surface area contributed by atoms with Crippen molar-refractivity contribution in [2.45, 2.75) is 37.8 Å². The van der Waals surface area contributed by atoms with E-state index in [4.69, 9.17) is 4.74 Å². The lowest BCUT2D eigenvalue weighted by molar-refractivity contribution is 0.227. The van der Waals surface area contributed by atoms with Gasteiger partial charge >= 0.3 is 0 Å². The van der Waals surface area contributed by atoms with Crippen LogP contribution in [0.1, 0.15) is 35.4 Å². The first kappa shape index (κ1) is 12.9. The number of nitrogens with one attached hydrogen (secondary N) is 1. The molecule has 108 valence electrons. The fourth-order valence-electron chi connectivity index (χ4n) is 3.07. The lowest BCUT2D eigenvalue weighted by Gasteiger charge is -2.12. The van der Waals surface area contributed by atoms with Crippen molar-refractivity contribution >= 4 is 0 Å². The van der Waals surface area contributed by atoms with Crippen molar-refractivity contribution in [2.24, 2.45) is 0 Å². The van der Waals surface area contributed by atoms with Crippen molar-refractivity contribution in [3.8, 4) is 5.75 Å². The highest BCUT2D eigenvalue weighted by molar-refractivity contribution is 5.37. The van der Waals surface area contributed by atoms with E-state index in [2.05, 4.69) is 47.8 Å². The Bertz CT molecular complexity index is 591. The van der Waals surface area contributed by atoms with Gasteiger partial charge in [0.1, 0.15) is 11.9 Å². The predicted octanol–water partition coefficient (Wildman–Crippen LogP) is 3.66. The van der Waals surface area contributed by atoms with Gasteiger partial charge in [0.2, 0.25) is 0 Å². The summed E-state index contributed by atoms with van der Waals surface area (Å²) in [6.45, 7) is 1.82. The van der Waals surface area contributed by atoms with Crippen molar-refractivity contribution in [1.82, 2.24) is 5.32 Å². The second-order valence-corrected chi connectivity index (χ2v) is 6.20. The van der Waals surface area contributed by atoms with E-state index in [1.165, 1.54) is 29.5 Å². The third-order valence-corrected chi connectivity index (χ3v) is 4.44. The number of hydrogen-bond donors (Lipinski definition) is 1. The summed E-state index contributed by atoms with van der Waals surface area (Å²) in [5.74, 6) is 1.90. The molecule has 0 spiro atoms. The number of rotatable bonds is 5. The summed E-state index contributed by atoms with van der Waals surface area (Å²) in [5.41, 5.74) is 4.20. The molecular weight excluding hydrogens is 258 g/mol. The van der Waals surface area contributed by atoms with Crippen LogP contribution in [0.4, 0.5) is 0 Å². The molecule has 1 saturated carbocycles. The highest BCUT2D eigenvalue weighted by Crippen LogP contribution is 2.39. The van der Waals surface area contributed by atoms with Gasteiger partial charge < -0.3 is 10.1 Å². The van der Waals surface area contributed by atoms with E-state index in [-0.39, 0.29) is 6.10 Å². The van der Waals surface area contributed by atoms with Crippen molar-refractivity contribution in [3.63, 3.8) is 0 Å². The smallest absolute Gasteiger partial charge is 0.123 e. The van der Waals surface area contributed by atoms with Gasteiger partial charge in [0.25, 0.3) is 0 Å². The largest absolute Gasteiger partial charge is 0.488 e. The maximum atomic E-state index is 5.94. The maximum absolute atomic E-state index is 5.94. The highest BCUT2D eigenvalue weighted by Gasteiger charge is 2.23. The van der Waals surface area contributed by atoms with Crippen molar-refractivity contribution in [1.29, 1.82) is 0 Å². The molecule has 1 aliphatic carbocycles. The molecule has 1 fully saturated rings. The normalized spacial score (nSPS) is 20.1. The van der Waals surface area contributed by atoms with Crippen molar-refractivity contribution in [3.05, 3.63) is 65.2 Å². The van der Waals surface area contributed by atoms with E-state index >= 15 is 0 Å². The minimum absolute atomic E-state index is 0.271. The van der Waals surface area contributed by atoms with Crippen LogP contribution >= 0.6 is 0 Å². The number of hydrogen-bond acceptors (Lipinski definition) is 2. The minimum atomic E-state index is 0.271. The first-order valence-corrected chi connectivity index (χ1v) is 7.92. The van der Waals surface area contributed by atoms with Crippen LogP contribution in [0.2, 0.25) is 0 Å². The lowest BCUT2D eigenvalue weighted by atomic mass is 10.1. The molecular formula is C19H21NO. The molecule has 0 radical (unpaired) electrons. The van der Waals surface area contributed by atoms with Crippen molar-refractivity contribution in [2.75, 3.05) is 6.54 Å².